The van der Waals surface area contributed by atoms with Crippen molar-refractivity contribution in [3.8, 4) is 0 Å². The molecule has 2 aromatic rings. The van der Waals surface area contributed by atoms with Crippen LogP contribution in [0, 0.1) is 11.8 Å². The number of benzene rings is 1. The summed E-state index contributed by atoms with van der Waals surface area (Å²) in [6.45, 7) is 3.98. The number of rotatable bonds is 3. The van der Waals surface area contributed by atoms with E-state index in [1.807, 2.05) is 13.1 Å². The van der Waals surface area contributed by atoms with E-state index in [1.165, 1.54) is 11.1 Å². The van der Waals surface area contributed by atoms with E-state index in [0.29, 0.717) is 12.2 Å². The average Bonchev–Trinajstić information content (AvgIpc) is 2.93. The zero-order valence-corrected chi connectivity index (χ0v) is 15.1. The number of nitrogens with one attached hydrogen (secondary N) is 1. The van der Waals surface area contributed by atoms with Gasteiger partial charge in [0.05, 0.1) is 6.10 Å². The Bertz CT molecular complexity index is 892. The van der Waals surface area contributed by atoms with Gasteiger partial charge in [-0.05, 0) is 24.0 Å². The van der Waals surface area contributed by atoms with Gasteiger partial charge in [0.25, 0.3) is 0 Å². The van der Waals surface area contributed by atoms with Gasteiger partial charge in [0, 0.05) is 48.4 Å². The van der Waals surface area contributed by atoms with Crippen LogP contribution in [0.25, 0.3) is 0 Å². The van der Waals surface area contributed by atoms with Crippen molar-refractivity contribution in [2.75, 3.05) is 11.9 Å². The molecule has 26 heavy (non-hydrogen) atoms. The normalized spacial score (nSPS) is 26.9. The first-order chi connectivity index (χ1) is 12.5. The molecular weight excluding hydrogens is 330 g/mol. The van der Waals surface area contributed by atoms with Gasteiger partial charge in [0.2, 0.25) is 0 Å². The third-order valence-electron chi connectivity index (χ3n) is 6.03. The highest BCUT2D eigenvalue weighted by molar-refractivity contribution is 5.71. The summed E-state index contributed by atoms with van der Waals surface area (Å²) >= 11 is 0. The van der Waals surface area contributed by atoms with Gasteiger partial charge in [-0.25, -0.2) is 4.79 Å². The number of hydrogen-bond acceptors (Lipinski definition) is 5. The van der Waals surface area contributed by atoms with Crippen molar-refractivity contribution in [3.63, 3.8) is 0 Å². The highest BCUT2D eigenvalue weighted by atomic mass is 16.3. The molecule has 1 aromatic carbocycles. The lowest BCUT2D eigenvalue weighted by atomic mass is 9.96. The molecule has 4 rings (SSSR count). The summed E-state index contributed by atoms with van der Waals surface area (Å²) in [5.41, 5.74) is 4.17. The lowest BCUT2D eigenvalue weighted by molar-refractivity contribution is 0.0631. The van der Waals surface area contributed by atoms with Gasteiger partial charge in [0.15, 0.2) is 0 Å². The van der Waals surface area contributed by atoms with Crippen LogP contribution in [0.15, 0.2) is 29.2 Å². The van der Waals surface area contributed by atoms with Crippen LogP contribution in [0.5, 0.6) is 0 Å². The minimum absolute atomic E-state index is 0.0656. The molecule has 1 aliphatic heterocycles. The van der Waals surface area contributed by atoms with Crippen LogP contribution in [-0.4, -0.2) is 32.5 Å². The molecule has 0 saturated heterocycles. The van der Waals surface area contributed by atoms with Gasteiger partial charge >= 0.3 is 5.69 Å². The third kappa shape index (κ3) is 2.64. The molecule has 6 nitrogen and oxygen atoms in total. The molecule has 4 unspecified atom stereocenters. The molecule has 0 amide bonds. The Balaban J connectivity index is 1.72. The van der Waals surface area contributed by atoms with Gasteiger partial charge in [-0.2, -0.15) is 4.98 Å². The standard InChI is InChI=1S/C20H25N3O3/c1-3-12-5-4-6-13-7-14-9-23(20(26)22-19(14)21-17(12)13)16-8-15(10-24)18(25)11(16)2/h4-6,9,11,15-16,18,24-25H,3,7-8,10H2,1-2H3,(H,21,22,26). The number of aromatic nitrogens is 2. The fourth-order valence-electron chi connectivity index (χ4n) is 4.43. The van der Waals surface area contributed by atoms with Crippen LogP contribution in [0.3, 0.4) is 0 Å². The number of aliphatic hydroxyl groups excluding tert-OH is 2. The summed E-state index contributed by atoms with van der Waals surface area (Å²) in [5, 5.41) is 23.1. The Morgan fingerprint density at radius 3 is 2.85 bits per heavy atom. The van der Waals surface area contributed by atoms with Crippen molar-refractivity contribution >= 4 is 11.5 Å². The first-order valence-corrected chi connectivity index (χ1v) is 9.32. The second-order valence-electron chi connectivity index (χ2n) is 7.51. The van der Waals surface area contributed by atoms with Crippen LogP contribution in [0.4, 0.5) is 11.5 Å². The van der Waals surface area contributed by atoms with Crippen LogP contribution >= 0.6 is 0 Å². The second-order valence-corrected chi connectivity index (χ2v) is 7.51. The summed E-state index contributed by atoms with van der Waals surface area (Å²) in [7, 11) is 0. The van der Waals surface area contributed by atoms with Crippen molar-refractivity contribution in [1.29, 1.82) is 0 Å². The van der Waals surface area contributed by atoms with Crippen molar-refractivity contribution in [1.82, 2.24) is 9.55 Å². The van der Waals surface area contributed by atoms with Gasteiger partial charge in [-0.3, -0.25) is 4.57 Å². The predicted molar refractivity (Wildman–Crippen MR) is 99.8 cm³/mol. The number of fused-ring (bicyclic) bond motifs is 2. The predicted octanol–water partition coefficient (Wildman–Crippen LogP) is 2.00. The highest BCUT2D eigenvalue weighted by Gasteiger charge is 2.41. The smallest absolute Gasteiger partial charge is 0.349 e. The Hall–Kier alpha value is -2.18. The first-order valence-electron chi connectivity index (χ1n) is 9.32. The number of hydrogen-bond donors (Lipinski definition) is 3. The fraction of sp³-hybridized carbons (Fsp3) is 0.500. The maximum atomic E-state index is 12.7. The second kappa shape index (κ2) is 6.52. The SMILES string of the molecule is CCc1cccc2c1Nc1nc(=O)n(C3CC(CO)C(O)C3C)cc1C2. The Morgan fingerprint density at radius 2 is 2.15 bits per heavy atom. The molecule has 0 spiro atoms. The summed E-state index contributed by atoms with van der Waals surface area (Å²) in [5.74, 6) is 0.341. The largest absolute Gasteiger partial charge is 0.396 e. The molecule has 1 fully saturated rings. The zero-order chi connectivity index (χ0) is 18.4. The summed E-state index contributed by atoms with van der Waals surface area (Å²) < 4.78 is 1.65. The third-order valence-corrected chi connectivity index (χ3v) is 6.03. The number of aliphatic hydroxyl groups is 2. The van der Waals surface area contributed by atoms with Gasteiger partial charge in [-0.1, -0.05) is 32.0 Å². The van der Waals surface area contributed by atoms with Crippen LogP contribution < -0.4 is 11.0 Å². The van der Waals surface area contributed by atoms with Crippen molar-refractivity contribution in [3.05, 3.63) is 51.6 Å². The van der Waals surface area contributed by atoms with E-state index >= 15 is 0 Å². The van der Waals surface area contributed by atoms with Crippen molar-refractivity contribution in [2.24, 2.45) is 11.8 Å². The molecule has 1 saturated carbocycles. The van der Waals surface area contributed by atoms with E-state index in [-0.39, 0.29) is 30.2 Å². The molecule has 138 valence electrons. The first kappa shape index (κ1) is 17.2. The lowest BCUT2D eigenvalue weighted by Gasteiger charge is -2.25. The van der Waals surface area contributed by atoms with E-state index in [1.54, 1.807) is 4.57 Å². The monoisotopic (exact) mass is 355 g/mol. The Morgan fingerprint density at radius 1 is 1.35 bits per heavy atom. The van der Waals surface area contributed by atoms with E-state index < -0.39 is 6.10 Å². The van der Waals surface area contributed by atoms with Crippen LogP contribution in [0.2, 0.25) is 0 Å². The van der Waals surface area contributed by atoms with E-state index in [2.05, 4.69) is 35.4 Å². The minimum Gasteiger partial charge on any atom is -0.396 e. The molecular formula is C20H25N3O3. The lowest BCUT2D eigenvalue weighted by Crippen LogP contribution is -2.32. The number of nitrogens with zero attached hydrogens (tertiary/aromatic N) is 2. The minimum atomic E-state index is -0.598. The molecule has 0 bridgehead atoms. The quantitative estimate of drug-likeness (QED) is 0.669. The molecule has 1 aliphatic carbocycles. The van der Waals surface area contributed by atoms with E-state index in [0.717, 1.165) is 24.1 Å². The molecule has 0 radical (unpaired) electrons. The van der Waals surface area contributed by atoms with Crippen LogP contribution in [0.1, 0.15) is 43.0 Å². The molecule has 2 aliphatic rings. The van der Waals surface area contributed by atoms with E-state index in [9.17, 15) is 15.0 Å². The number of para-hydroxylation sites is 1. The maximum absolute atomic E-state index is 12.7. The average molecular weight is 355 g/mol. The summed E-state index contributed by atoms with van der Waals surface area (Å²) in [6, 6.07) is 6.11. The van der Waals surface area contributed by atoms with Crippen LogP contribution in [-0.2, 0) is 12.8 Å². The van der Waals surface area contributed by atoms with Gasteiger partial charge < -0.3 is 15.5 Å². The van der Waals surface area contributed by atoms with Gasteiger partial charge in [0.1, 0.15) is 5.82 Å². The summed E-state index contributed by atoms with van der Waals surface area (Å²) in [6.07, 6.45) is 3.52. The number of anilines is 2. The summed E-state index contributed by atoms with van der Waals surface area (Å²) in [4.78, 5) is 17.0. The Labute approximate surface area is 152 Å². The number of aryl methyl sites for hydroxylation is 1. The highest BCUT2D eigenvalue weighted by Crippen LogP contribution is 2.40. The Kier molecular flexibility index (Phi) is 4.32. The topological polar surface area (TPSA) is 87.4 Å². The fourth-order valence-corrected chi connectivity index (χ4v) is 4.43. The van der Waals surface area contributed by atoms with Gasteiger partial charge in [-0.15, -0.1) is 0 Å². The molecule has 3 N–H and O–H groups in total. The zero-order valence-electron chi connectivity index (χ0n) is 15.1. The molecule has 2 heterocycles. The van der Waals surface area contributed by atoms with Crippen molar-refractivity contribution < 1.29 is 10.2 Å². The molecule has 1 aromatic heterocycles. The molecule has 6 heteroatoms. The van der Waals surface area contributed by atoms with Crippen molar-refractivity contribution in [2.45, 2.75) is 45.3 Å². The molecule has 4 atom stereocenters. The van der Waals surface area contributed by atoms with E-state index in [4.69, 9.17) is 0 Å². The maximum Gasteiger partial charge on any atom is 0.349 e.